The third-order valence-electron chi connectivity index (χ3n) is 21.5. The van der Waals surface area contributed by atoms with E-state index in [1.54, 1.807) is 6.92 Å². The van der Waals surface area contributed by atoms with E-state index in [0.717, 1.165) is 5.57 Å². The van der Waals surface area contributed by atoms with Crippen LogP contribution < -0.4 is 0 Å². The molecule has 9 rings (SSSR count). The summed E-state index contributed by atoms with van der Waals surface area (Å²) in [6.07, 6.45) is -28.5. The smallest absolute Gasteiger partial charge is 0.315 e. The van der Waals surface area contributed by atoms with Crippen LogP contribution in [0.2, 0.25) is 0 Å². The summed E-state index contributed by atoms with van der Waals surface area (Å²) < 4.78 is 47.2. The van der Waals surface area contributed by atoms with Gasteiger partial charge in [-0.05, 0) is 111 Å². The molecule has 29 atom stereocenters. The highest BCUT2D eigenvalue weighted by Gasteiger charge is 2.72. The van der Waals surface area contributed by atoms with Gasteiger partial charge in [0.15, 0.2) is 18.9 Å². The van der Waals surface area contributed by atoms with Crippen molar-refractivity contribution in [1.82, 2.24) is 0 Å². The highest BCUT2D eigenvalue weighted by molar-refractivity contribution is 5.79. The van der Waals surface area contributed by atoms with E-state index in [0.29, 0.717) is 57.8 Å². The second kappa shape index (κ2) is 22.4. The zero-order valence-corrected chi connectivity index (χ0v) is 45.6. The molecule has 0 unspecified atom stereocenters. The molecule has 0 aromatic heterocycles. The zero-order valence-electron chi connectivity index (χ0n) is 45.6. The summed E-state index contributed by atoms with van der Waals surface area (Å²) in [6, 6.07) is 0. The van der Waals surface area contributed by atoms with Crippen LogP contribution in [0.1, 0.15) is 106 Å². The molecule has 0 aromatic carbocycles. The number of hydrogen-bond donors (Lipinski definition) is 15. The molecule has 4 heterocycles. The number of aliphatic hydroxyl groups excluding tert-OH is 14. The molecule has 4 aliphatic heterocycles. The molecule has 25 heteroatoms. The minimum atomic E-state index is -2.03. The Hall–Kier alpha value is -2.16. The van der Waals surface area contributed by atoms with E-state index in [4.69, 9.17) is 37.9 Å². The number of aliphatic carboxylic acids is 1. The number of carboxylic acid groups (broad SMARTS) is 1. The van der Waals surface area contributed by atoms with Crippen LogP contribution in [0.15, 0.2) is 11.6 Å². The van der Waals surface area contributed by atoms with Gasteiger partial charge in [0, 0.05) is 0 Å². The number of carbonyl (C=O) groups excluding carboxylic acids is 1. The Balaban J connectivity index is 0.992. The predicted molar refractivity (Wildman–Crippen MR) is 265 cm³/mol. The fourth-order valence-electron chi connectivity index (χ4n) is 16.4. The predicted octanol–water partition coefficient (Wildman–Crippen LogP) is -2.97. The van der Waals surface area contributed by atoms with Crippen LogP contribution in [0, 0.1) is 50.2 Å². The second-order valence-corrected chi connectivity index (χ2v) is 26.1. The van der Waals surface area contributed by atoms with E-state index in [9.17, 15) is 81.4 Å². The normalized spacial score (nSPS) is 53.5. The Kier molecular flexibility index (Phi) is 17.4. The number of esters is 1. The molecule has 0 bridgehead atoms. The van der Waals surface area contributed by atoms with Gasteiger partial charge in [-0.25, -0.2) is 0 Å². The van der Waals surface area contributed by atoms with Crippen LogP contribution in [0.3, 0.4) is 0 Å². The maximum atomic E-state index is 15.5. The molecule has 0 amide bonds. The standard InChI is InChI=1S/C54H86O25/c1-49(2)13-15-54(48(71)79-46-41(68)42(78-45-40(67)37(64)33(60)26(20-57)75-45)34(61)27(76-46)21-72-43-38(65)35(62)31(58)24(18-55)73-43)16-14-51(4)22(23(54)17-49)7-8-28-50(3)11-10-30(53(6,47(69)70)29(50)9-12-52(28,51)5)77-44-39(66)36(63)32(59)25(19-56)74-44/h7,23-46,55-68H,8-21H2,1-6H3,(H,69,70)/t23-,24-,25-,26-,27-,28-,29+,30-,31-,32-,33-,34-,35+,36+,37+,38-,39-,40-,41-,42+,43-,44+,45+,46+,50+,51+,52-,53-,54+/m1/s1. The molecule has 15 N–H and O–H groups in total. The Labute approximate surface area is 457 Å². The quantitative estimate of drug-likeness (QED) is 0.0497. The first-order valence-electron chi connectivity index (χ1n) is 28.0. The van der Waals surface area contributed by atoms with Crippen molar-refractivity contribution in [3.05, 3.63) is 11.6 Å². The van der Waals surface area contributed by atoms with Crippen molar-refractivity contribution in [2.75, 3.05) is 26.4 Å². The number of fused-ring (bicyclic) bond motifs is 7. The van der Waals surface area contributed by atoms with Gasteiger partial charge in [-0.15, -0.1) is 0 Å². The summed E-state index contributed by atoms with van der Waals surface area (Å²) in [7, 11) is 0. The molecule has 5 aliphatic carbocycles. The Morgan fingerprint density at radius 3 is 1.63 bits per heavy atom. The fourth-order valence-corrected chi connectivity index (χ4v) is 16.4. The Bertz CT molecular complexity index is 2220. The van der Waals surface area contributed by atoms with Gasteiger partial charge in [-0.1, -0.05) is 46.3 Å². The first-order valence-corrected chi connectivity index (χ1v) is 28.0. The van der Waals surface area contributed by atoms with Gasteiger partial charge in [0.1, 0.15) is 97.7 Å². The average molecular weight is 1140 g/mol. The van der Waals surface area contributed by atoms with Gasteiger partial charge >= 0.3 is 11.9 Å². The van der Waals surface area contributed by atoms with E-state index in [-0.39, 0.29) is 17.8 Å². The van der Waals surface area contributed by atoms with Gasteiger partial charge in [-0.3, -0.25) is 9.59 Å². The van der Waals surface area contributed by atoms with Crippen LogP contribution >= 0.6 is 0 Å². The summed E-state index contributed by atoms with van der Waals surface area (Å²) >= 11 is 0. The van der Waals surface area contributed by atoms with Crippen LogP contribution in [-0.4, -0.2) is 244 Å². The van der Waals surface area contributed by atoms with Crippen LogP contribution in [0.4, 0.5) is 0 Å². The molecule has 79 heavy (non-hydrogen) atoms. The van der Waals surface area contributed by atoms with Crippen molar-refractivity contribution in [3.8, 4) is 0 Å². The minimum Gasteiger partial charge on any atom is -0.481 e. The molecule has 4 saturated heterocycles. The van der Waals surface area contributed by atoms with Crippen molar-refractivity contribution in [2.24, 2.45) is 50.2 Å². The lowest BCUT2D eigenvalue weighted by molar-refractivity contribution is -0.363. The molecule has 0 spiro atoms. The van der Waals surface area contributed by atoms with Crippen molar-refractivity contribution in [2.45, 2.75) is 235 Å². The third kappa shape index (κ3) is 9.95. The third-order valence-corrected chi connectivity index (χ3v) is 21.5. The van der Waals surface area contributed by atoms with Crippen LogP contribution in [0.25, 0.3) is 0 Å². The lowest BCUT2D eigenvalue weighted by Gasteiger charge is -2.71. The summed E-state index contributed by atoms with van der Waals surface area (Å²) in [6.45, 7) is 9.63. The fraction of sp³-hybridized carbons (Fsp3) is 0.926. The molecule has 25 nitrogen and oxygen atoms in total. The topological polar surface area (TPSA) is 411 Å². The van der Waals surface area contributed by atoms with Gasteiger partial charge in [0.2, 0.25) is 6.29 Å². The van der Waals surface area contributed by atoms with E-state index in [1.165, 1.54) is 0 Å². The number of ether oxygens (including phenoxy) is 8. The van der Waals surface area contributed by atoms with Crippen molar-refractivity contribution < 1.29 is 124 Å². The molecule has 0 radical (unpaired) electrons. The molecular weight excluding hydrogens is 1050 g/mol. The zero-order chi connectivity index (χ0) is 57.9. The second-order valence-electron chi connectivity index (χ2n) is 26.1. The lowest BCUT2D eigenvalue weighted by atomic mass is 9.33. The van der Waals surface area contributed by atoms with Crippen LogP contribution in [0.5, 0.6) is 0 Å². The number of carbonyl (C=O) groups is 2. The molecule has 0 aromatic rings. The summed E-state index contributed by atoms with van der Waals surface area (Å²) in [5.41, 5.74) is -3.34. The summed E-state index contributed by atoms with van der Waals surface area (Å²) in [5.74, 6) is -2.67. The maximum absolute atomic E-state index is 15.5. The number of carboxylic acids is 1. The average Bonchev–Trinajstić information content (AvgIpc) is 2.92. The maximum Gasteiger partial charge on any atom is 0.315 e. The first kappa shape index (κ1) is 61.4. The van der Waals surface area contributed by atoms with Crippen molar-refractivity contribution in [3.63, 3.8) is 0 Å². The number of allylic oxidation sites excluding steroid dienone is 2. The largest absolute Gasteiger partial charge is 0.481 e. The number of aliphatic hydroxyl groups is 14. The highest BCUT2D eigenvalue weighted by Crippen LogP contribution is 2.76. The highest BCUT2D eigenvalue weighted by atomic mass is 16.8. The van der Waals surface area contributed by atoms with E-state index < -0.39 is 206 Å². The van der Waals surface area contributed by atoms with Gasteiger partial charge in [-0.2, -0.15) is 0 Å². The molecule has 9 aliphatic rings. The van der Waals surface area contributed by atoms with Crippen molar-refractivity contribution in [1.29, 1.82) is 0 Å². The van der Waals surface area contributed by atoms with Crippen LogP contribution in [-0.2, 0) is 47.5 Å². The molecular formula is C54H86O25. The van der Waals surface area contributed by atoms with Gasteiger partial charge in [0.25, 0.3) is 0 Å². The Morgan fingerprint density at radius 2 is 1.08 bits per heavy atom. The molecule has 452 valence electrons. The summed E-state index contributed by atoms with van der Waals surface area (Å²) in [5, 5.41) is 160. The van der Waals surface area contributed by atoms with E-state index >= 15 is 4.79 Å². The lowest BCUT2D eigenvalue weighted by Crippen LogP contribution is -2.68. The number of rotatable bonds is 13. The minimum absolute atomic E-state index is 0.0459. The number of hydrogen-bond acceptors (Lipinski definition) is 24. The first-order chi connectivity index (χ1) is 37.0. The SMILES string of the molecule is CC1(C)CC[C@]2(C(=O)O[C@@H]3O[C@H](CO[C@@H]4O[C@H](CO)[C@@H](O)[C@H](O)[C@H]4O)[C@@H](O)[C@H](O[C@@H]4O[C@H](CO)[C@@H](O)[C@H](O)[C@H]4O)[C@H]3O)CC[C@@]3(C)C(=CC[C@@H]4[C@]5(C)CC[C@@H](O[C@@H]6O[C@H](CO)[C@@H](O)[C@H](O)[C@H]6O)[C@](C)(C(=O)O)[C@H]5CC[C@]43C)[C@H]2C1. The molecule has 4 saturated carbocycles. The Morgan fingerprint density at radius 1 is 0.557 bits per heavy atom. The van der Waals surface area contributed by atoms with E-state index in [2.05, 4.69) is 40.7 Å². The summed E-state index contributed by atoms with van der Waals surface area (Å²) in [4.78, 5) is 29.2. The van der Waals surface area contributed by atoms with E-state index in [1.807, 2.05) is 0 Å². The van der Waals surface area contributed by atoms with Gasteiger partial charge < -0.3 is 114 Å². The monoisotopic (exact) mass is 1130 g/mol. The van der Waals surface area contributed by atoms with Gasteiger partial charge in [0.05, 0.1) is 43.4 Å². The van der Waals surface area contributed by atoms with Crippen molar-refractivity contribution >= 4 is 11.9 Å². The molecule has 8 fully saturated rings.